The van der Waals surface area contributed by atoms with Crippen molar-refractivity contribution in [2.24, 2.45) is 0 Å². The summed E-state index contributed by atoms with van der Waals surface area (Å²) in [5.74, 6) is -0.259. The number of carbonyl (C=O) groups is 2. The van der Waals surface area contributed by atoms with E-state index < -0.39 is 0 Å². The Labute approximate surface area is 145 Å². The SMILES string of the molecule is O=C(NCCCC(=O)N1Cc2ccccc2C1)Nc1ccc(F)cc1. The van der Waals surface area contributed by atoms with Gasteiger partial charge in [0.1, 0.15) is 5.82 Å². The number of fused-ring (bicyclic) bond motifs is 1. The predicted molar refractivity (Wildman–Crippen MR) is 93.4 cm³/mol. The predicted octanol–water partition coefficient (Wildman–Crippen LogP) is 3.27. The lowest BCUT2D eigenvalue weighted by molar-refractivity contribution is -0.131. The number of halogens is 1. The molecule has 2 aromatic rings. The zero-order chi connectivity index (χ0) is 17.6. The van der Waals surface area contributed by atoms with Crippen LogP contribution in [-0.4, -0.2) is 23.4 Å². The zero-order valence-electron chi connectivity index (χ0n) is 13.8. The lowest BCUT2D eigenvalue weighted by Gasteiger charge is -2.15. The molecular formula is C19H20FN3O2. The van der Waals surface area contributed by atoms with Crippen molar-refractivity contribution in [2.45, 2.75) is 25.9 Å². The topological polar surface area (TPSA) is 61.4 Å². The number of amides is 3. The van der Waals surface area contributed by atoms with Gasteiger partial charge in [0.05, 0.1) is 0 Å². The standard InChI is InChI=1S/C19H20FN3O2/c20-16-7-9-17(10-8-16)22-19(25)21-11-3-6-18(24)23-12-14-4-1-2-5-15(14)13-23/h1-2,4-5,7-10H,3,6,11-13H2,(H2,21,22,25). The van der Waals surface area contributed by atoms with Crippen molar-refractivity contribution >= 4 is 17.6 Å². The van der Waals surface area contributed by atoms with Crippen LogP contribution in [0.4, 0.5) is 14.9 Å². The number of rotatable bonds is 5. The molecule has 3 rings (SSSR count). The molecule has 25 heavy (non-hydrogen) atoms. The van der Waals surface area contributed by atoms with Crippen molar-refractivity contribution in [3.63, 3.8) is 0 Å². The molecule has 1 heterocycles. The number of urea groups is 1. The van der Waals surface area contributed by atoms with Gasteiger partial charge in [-0.1, -0.05) is 24.3 Å². The van der Waals surface area contributed by atoms with Gasteiger partial charge in [0.2, 0.25) is 5.91 Å². The zero-order valence-corrected chi connectivity index (χ0v) is 13.8. The van der Waals surface area contributed by atoms with E-state index in [2.05, 4.69) is 10.6 Å². The third-order valence-electron chi connectivity index (χ3n) is 4.15. The Morgan fingerprint density at radius 1 is 1.00 bits per heavy atom. The van der Waals surface area contributed by atoms with Crippen LogP contribution in [0.1, 0.15) is 24.0 Å². The first kappa shape index (κ1) is 17.0. The summed E-state index contributed by atoms with van der Waals surface area (Å²) in [4.78, 5) is 25.8. The number of nitrogens with one attached hydrogen (secondary N) is 2. The monoisotopic (exact) mass is 341 g/mol. The Morgan fingerprint density at radius 3 is 2.28 bits per heavy atom. The van der Waals surface area contributed by atoms with Crippen molar-refractivity contribution in [3.05, 3.63) is 65.5 Å². The third kappa shape index (κ3) is 4.56. The van der Waals surface area contributed by atoms with Gasteiger partial charge in [0.15, 0.2) is 0 Å². The first-order valence-corrected chi connectivity index (χ1v) is 8.27. The van der Waals surface area contributed by atoms with Crippen LogP contribution in [0.3, 0.4) is 0 Å². The molecule has 1 aliphatic rings. The minimum atomic E-state index is -0.368. The molecule has 2 N–H and O–H groups in total. The van der Waals surface area contributed by atoms with E-state index in [1.54, 1.807) is 0 Å². The average Bonchev–Trinajstić information content (AvgIpc) is 3.05. The number of hydrogen-bond acceptors (Lipinski definition) is 2. The molecule has 0 saturated heterocycles. The van der Waals surface area contributed by atoms with E-state index in [4.69, 9.17) is 0 Å². The molecule has 0 spiro atoms. The average molecular weight is 341 g/mol. The van der Waals surface area contributed by atoms with Crippen molar-refractivity contribution in [1.29, 1.82) is 0 Å². The summed E-state index contributed by atoms with van der Waals surface area (Å²) in [6.07, 6.45) is 0.966. The molecule has 6 heteroatoms. The second kappa shape index (κ2) is 7.79. The highest BCUT2D eigenvalue weighted by Gasteiger charge is 2.22. The summed E-state index contributed by atoms with van der Waals surface area (Å²) in [6.45, 7) is 1.72. The van der Waals surface area contributed by atoms with Gasteiger partial charge in [0.25, 0.3) is 0 Å². The van der Waals surface area contributed by atoms with E-state index in [-0.39, 0.29) is 17.8 Å². The van der Waals surface area contributed by atoms with Gasteiger partial charge in [0, 0.05) is 31.7 Å². The number of anilines is 1. The summed E-state index contributed by atoms with van der Waals surface area (Å²) in [7, 11) is 0. The molecule has 0 radical (unpaired) electrons. The van der Waals surface area contributed by atoms with Crippen LogP contribution in [0, 0.1) is 5.82 Å². The van der Waals surface area contributed by atoms with E-state index in [0.717, 1.165) is 0 Å². The molecule has 0 fully saturated rings. The molecule has 0 atom stereocenters. The van der Waals surface area contributed by atoms with E-state index >= 15 is 0 Å². The molecule has 2 aromatic carbocycles. The van der Waals surface area contributed by atoms with Crippen molar-refractivity contribution in [2.75, 3.05) is 11.9 Å². The fourth-order valence-electron chi connectivity index (χ4n) is 2.82. The molecule has 3 amide bonds. The van der Waals surface area contributed by atoms with Crippen LogP contribution in [0.15, 0.2) is 48.5 Å². The molecular weight excluding hydrogens is 321 g/mol. The molecule has 0 aliphatic carbocycles. The summed E-state index contributed by atoms with van der Waals surface area (Å²) in [6, 6.07) is 13.2. The van der Waals surface area contributed by atoms with Gasteiger partial charge >= 0.3 is 6.03 Å². The van der Waals surface area contributed by atoms with E-state index in [1.165, 1.54) is 35.4 Å². The maximum atomic E-state index is 12.8. The molecule has 0 bridgehead atoms. The normalized spacial score (nSPS) is 12.6. The van der Waals surface area contributed by atoms with Gasteiger partial charge in [-0.15, -0.1) is 0 Å². The molecule has 130 valence electrons. The smallest absolute Gasteiger partial charge is 0.319 e. The lowest BCUT2D eigenvalue weighted by Crippen LogP contribution is -2.31. The van der Waals surface area contributed by atoms with Crippen molar-refractivity contribution < 1.29 is 14.0 Å². The highest BCUT2D eigenvalue weighted by molar-refractivity contribution is 5.89. The molecule has 1 aliphatic heterocycles. The fourth-order valence-corrected chi connectivity index (χ4v) is 2.82. The largest absolute Gasteiger partial charge is 0.338 e. The van der Waals surface area contributed by atoms with Crippen LogP contribution in [0.25, 0.3) is 0 Å². The van der Waals surface area contributed by atoms with Crippen LogP contribution >= 0.6 is 0 Å². The Balaban J connectivity index is 1.35. The Bertz CT molecular complexity index is 737. The summed E-state index contributed by atoms with van der Waals surface area (Å²) in [5, 5.41) is 5.31. The Kier molecular flexibility index (Phi) is 5.28. The van der Waals surface area contributed by atoms with E-state index in [9.17, 15) is 14.0 Å². The lowest BCUT2D eigenvalue weighted by atomic mass is 10.1. The van der Waals surface area contributed by atoms with Gasteiger partial charge < -0.3 is 15.5 Å². The Morgan fingerprint density at radius 2 is 1.64 bits per heavy atom. The van der Waals surface area contributed by atoms with Crippen LogP contribution in [0.2, 0.25) is 0 Å². The highest BCUT2D eigenvalue weighted by Crippen LogP contribution is 2.22. The summed E-state index contributed by atoms with van der Waals surface area (Å²) in [5.41, 5.74) is 2.92. The van der Waals surface area contributed by atoms with Crippen LogP contribution in [-0.2, 0) is 17.9 Å². The Hall–Kier alpha value is -2.89. The van der Waals surface area contributed by atoms with Crippen LogP contribution in [0.5, 0.6) is 0 Å². The first-order chi connectivity index (χ1) is 12.1. The second-order valence-electron chi connectivity index (χ2n) is 6.01. The summed E-state index contributed by atoms with van der Waals surface area (Å²) >= 11 is 0. The fraction of sp³-hybridized carbons (Fsp3) is 0.263. The van der Waals surface area contributed by atoms with Crippen LogP contribution < -0.4 is 10.6 Å². The van der Waals surface area contributed by atoms with Gasteiger partial charge in [-0.3, -0.25) is 4.79 Å². The number of nitrogens with zero attached hydrogens (tertiary/aromatic N) is 1. The van der Waals surface area contributed by atoms with Gasteiger partial charge in [-0.25, -0.2) is 9.18 Å². The number of hydrogen-bond donors (Lipinski definition) is 2. The second-order valence-corrected chi connectivity index (χ2v) is 6.01. The van der Waals surface area contributed by atoms with Gasteiger partial charge in [-0.05, 0) is 41.8 Å². The molecule has 0 unspecified atom stereocenters. The minimum absolute atomic E-state index is 0.0944. The summed E-state index contributed by atoms with van der Waals surface area (Å²) < 4.78 is 12.8. The maximum absolute atomic E-state index is 12.8. The van der Waals surface area contributed by atoms with Crippen molar-refractivity contribution in [3.8, 4) is 0 Å². The number of benzene rings is 2. The highest BCUT2D eigenvalue weighted by atomic mass is 19.1. The van der Waals surface area contributed by atoms with E-state index in [1.807, 2.05) is 29.2 Å². The first-order valence-electron chi connectivity index (χ1n) is 8.27. The van der Waals surface area contributed by atoms with Gasteiger partial charge in [-0.2, -0.15) is 0 Å². The van der Waals surface area contributed by atoms with Crippen molar-refractivity contribution in [1.82, 2.24) is 10.2 Å². The molecule has 0 aromatic heterocycles. The number of carbonyl (C=O) groups excluding carboxylic acids is 2. The molecule has 5 nitrogen and oxygen atoms in total. The third-order valence-corrected chi connectivity index (χ3v) is 4.15. The molecule has 0 saturated carbocycles. The minimum Gasteiger partial charge on any atom is -0.338 e. The maximum Gasteiger partial charge on any atom is 0.319 e. The van der Waals surface area contributed by atoms with E-state index in [0.29, 0.717) is 38.2 Å². The quantitative estimate of drug-likeness (QED) is 0.820.